The zero-order valence-electron chi connectivity index (χ0n) is 8.38. The Bertz CT molecular complexity index is 385. The van der Waals surface area contributed by atoms with Crippen LogP contribution in [0.1, 0.15) is 5.56 Å². The summed E-state index contributed by atoms with van der Waals surface area (Å²) in [5, 5.41) is 13.2. The lowest BCUT2D eigenvalue weighted by molar-refractivity contribution is 0.370. The molecule has 0 unspecified atom stereocenters. The van der Waals surface area contributed by atoms with E-state index in [4.69, 9.17) is 22.8 Å². The van der Waals surface area contributed by atoms with Crippen molar-refractivity contribution in [1.82, 2.24) is 5.32 Å². The number of hydrogen-bond acceptors (Lipinski definition) is 3. The molecule has 1 aromatic carbocycles. The fourth-order valence-corrected chi connectivity index (χ4v) is 1.42. The van der Waals surface area contributed by atoms with Crippen LogP contribution in [0.2, 0.25) is 5.02 Å². The summed E-state index contributed by atoms with van der Waals surface area (Å²) >= 11 is 5.85. The average Bonchev–Trinajstić information content (AvgIpc) is 2.23. The maximum Gasteiger partial charge on any atom is 0.162 e. The smallest absolute Gasteiger partial charge is 0.162 e. The summed E-state index contributed by atoms with van der Waals surface area (Å²) in [5.41, 5.74) is 0.662. The van der Waals surface area contributed by atoms with E-state index >= 15 is 0 Å². The van der Waals surface area contributed by atoms with Crippen molar-refractivity contribution < 1.29 is 9.84 Å². The minimum absolute atomic E-state index is 0.0893. The largest absolute Gasteiger partial charge is 0.504 e. The van der Waals surface area contributed by atoms with Gasteiger partial charge < -0.3 is 15.2 Å². The molecule has 0 amide bonds. The van der Waals surface area contributed by atoms with Crippen molar-refractivity contribution in [3.63, 3.8) is 0 Å². The van der Waals surface area contributed by atoms with Gasteiger partial charge in [0, 0.05) is 23.2 Å². The van der Waals surface area contributed by atoms with E-state index in [0.717, 1.165) is 0 Å². The van der Waals surface area contributed by atoms with E-state index in [1.807, 2.05) is 0 Å². The number of benzene rings is 1. The Labute approximate surface area is 94.0 Å². The Morgan fingerprint density at radius 2 is 2.33 bits per heavy atom. The molecular weight excluding hydrogens is 214 g/mol. The molecule has 0 heterocycles. The monoisotopic (exact) mass is 225 g/mol. The molecule has 0 aliphatic rings. The topological polar surface area (TPSA) is 41.5 Å². The summed E-state index contributed by atoms with van der Waals surface area (Å²) in [6.45, 7) is 0.890. The van der Waals surface area contributed by atoms with Crippen molar-refractivity contribution >= 4 is 11.6 Å². The second-order valence-corrected chi connectivity index (χ2v) is 3.36. The van der Waals surface area contributed by atoms with Gasteiger partial charge in [-0.1, -0.05) is 17.5 Å². The Kier molecular flexibility index (Phi) is 4.29. The van der Waals surface area contributed by atoms with Crippen LogP contribution in [-0.2, 0) is 6.54 Å². The van der Waals surface area contributed by atoms with Crippen molar-refractivity contribution in [3.05, 3.63) is 22.7 Å². The van der Waals surface area contributed by atoms with Crippen LogP contribution in [0.15, 0.2) is 12.1 Å². The first kappa shape index (κ1) is 11.7. The molecule has 1 rings (SSSR count). The van der Waals surface area contributed by atoms with Crippen molar-refractivity contribution in [2.45, 2.75) is 6.54 Å². The van der Waals surface area contributed by atoms with Crippen LogP contribution in [0.5, 0.6) is 11.5 Å². The fourth-order valence-electron chi connectivity index (χ4n) is 1.19. The van der Waals surface area contributed by atoms with E-state index in [9.17, 15) is 5.11 Å². The van der Waals surface area contributed by atoms with E-state index in [1.54, 1.807) is 12.1 Å². The highest BCUT2D eigenvalue weighted by atomic mass is 35.5. The number of halogens is 1. The molecule has 2 N–H and O–H groups in total. The number of aromatic hydroxyl groups is 1. The Hall–Kier alpha value is -1.37. The molecule has 0 spiro atoms. The molecule has 0 saturated heterocycles. The summed E-state index contributed by atoms with van der Waals surface area (Å²) in [6, 6.07) is 3.23. The van der Waals surface area contributed by atoms with Gasteiger partial charge in [0.1, 0.15) is 0 Å². The molecule has 15 heavy (non-hydrogen) atoms. The van der Waals surface area contributed by atoms with Gasteiger partial charge in [-0.15, -0.1) is 6.42 Å². The van der Waals surface area contributed by atoms with Gasteiger partial charge >= 0.3 is 0 Å². The Morgan fingerprint density at radius 1 is 1.60 bits per heavy atom. The Morgan fingerprint density at radius 3 is 2.93 bits per heavy atom. The van der Waals surface area contributed by atoms with Gasteiger partial charge in [0.25, 0.3) is 0 Å². The molecule has 1 aromatic rings. The lowest BCUT2D eigenvalue weighted by atomic mass is 10.2. The minimum atomic E-state index is 0.0893. The van der Waals surface area contributed by atoms with Crippen molar-refractivity contribution in [1.29, 1.82) is 0 Å². The van der Waals surface area contributed by atoms with Gasteiger partial charge in [-0.25, -0.2) is 0 Å². The number of methoxy groups -OCH3 is 1. The number of phenolic OH excluding ortho intramolecular Hbond substituents is 1. The minimum Gasteiger partial charge on any atom is -0.504 e. The molecule has 0 radical (unpaired) electrons. The molecule has 80 valence electrons. The zero-order chi connectivity index (χ0) is 11.3. The second-order valence-electron chi connectivity index (χ2n) is 2.92. The number of terminal acetylenes is 1. The molecule has 3 nitrogen and oxygen atoms in total. The van der Waals surface area contributed by atoms with Gasteiger partial charge in [0.05, 0.1) is 13.7 Å². The van der Waals surface area contributed by atoms with Crippen LogP contribution in [0, 0.1) is 12.3 Å². The molecule has 0 saturated carbocycles. The third kappa shape index (κ3) is 3.05. The summed E-state index contributed by atoms with van der Waals surface area (Å²) < 4.78 is 4.97. The lowest BCUT2D eigenvalue weighted by Crippen LogP contribution is -2.13. The first-order chi connectivity index (χ1) is 7.19. The summed E-state index contributed by atoms with van der Waals surface area (Å²) in [4.78, 5) is 0. The summed E-state index contributed by atoms with van der Waals surface area (Å²) in [5.74, 6) is 2.89. The third-order valence-electron chi connectivity index (χ3n) is 1.88. The number of phenols is 1. The van der Waals surface area contributed by atoms with Gasteiger partial charge in [-0.3, -0.25) is 0 Å². The molecule has 0 atom stereocenters. The molecule has 4 heteroatoms. The number of hydrogen-bond donors (Lipinski definition) is 2. The molecule has 0 aromatic heterocycles. The van der Waals surface area contributed by atoms with E-state index < -0.39 is 0 Å². The number of rotatable bonds is 4. The maximum absolute atomic E-state index is 9.74. The highest BCUT2D eigenvalue weighted by molar-refractivity contribution is 6.30. The fraction of sp³-hybridized carbons (Fsp3) is 0.273. The molecule has 0 fully saturated rings. The van der Waals surface area contributed by atoms with Crippen LogP contribution in [0.4, 0.5) is 0 Å². The van der Waals surface area contributed by atoms with Crippen LogP contribution >= 0.6 is 11.6 Å². The lowest BCUT2D eigenvalue weighted by Gasteiger charge is -2.09. The average molecular weight is 226 g/mol. The van der Waals surface area contributed by atoms with E-state index in [2.05, 4.69) is 11.2 Å². The van der Waals surface area contributed by atoms with Crippen LogP contribution < -0.4 is 10.1 Å². The molecular formula is C11H12ClNO2. The molecule has 0 aliphatic carbocycles. The normalized spacial score (nSPS) is 9.67. The highest BCUT2D eigenvalue weighted by Crippen LogP contribution is 2.33. The predicted octanol–water partition coefficient (Wildman–Crippen LogP) is 1.78. The number of ether oxygens (including phenoxy) is 1. The van der Waals surface area contributed by atoms with Crippen molar-refractivity contribution in [2.75, 3.05) is 13.7 Å². The Balaban J connectivity index is 2.87. The van der Waals surface area contributed by atoms with Crippen LogP contribution in [-0.4, -0.2) is 18.8 Å². The van der Waals surface area contributed by atoms with Crippen molar-refractivity contribution in [3.8, 4) is 23.8 Å². The van der Waals surface area contributed by atoms with Gasteiger partial charge in [-0.2, -0.15) is 0 Å². The third-order valence-corrected chi connectivity index (χ3v) is 2.10. The second kappa shape index (κ2) is 5.50. The van der Waals surface area contributed by atoms with Gasteiger partial charge in [-0.05, 0) is 6.07 Å². The summed E-state index contributed by atoms with van der Waals surface area (Å²) in [7, 11) is 1.48. The van der Waals surface area contributed by atoms with Crippen LogP contribution in [0.25, 0.3) is 0 Å². The quantitative estimate of drug-likeness (QED) is 0.606. The number of nitrogens with one attached hydrogen (secondary N) is 1. The van der Waals surface area contributed by atoms with Gasteiger partial charge in [0.15, 0.2) is 11.5 Å². The first-order valence-electron chi connectivity index (χ1n) is 4.38. The first-order valence-corrected chi connectivity index (χ1v) is 4.76. The van der Waals surface area contributed by atoms with Crippen LogP contribution in [0.3, 0.4) is 0 Å². The maximum atomic E-state index is 9.74. The predicted molar refractivity (Wildman–Crippen MR) is 60.2 cm³/mol. The zero-order valence-corrected chi connectivity index (χ0v) is 9.14. The SMILES string of the molecule is C#CCNCc1cc(Cl)cc(OC)c1O. The standard InChI is InChI=1S/C11H12ClNO2/c1-3-4-13-7-8-5-9(12)6-10(15-2)11(8)14/h1,5-6,13-14H,4,7H2,2H3. The van der Waals surface area contributed by atoms with Crippen molar-refractivity contribution in [2.24, 2.45) is 0 Å². The van der Waals surface area contributed by atoms with E-state index in [-0.39, 0.29) is 5.75 Å². The van der Waals surface area contributed by atoms with E-state index in [1.165, 1.54) is 7.11 Å². The molecule has 0 aliphatic heterocycles. The summed E-state index contributed by atoms with van der Waals surface area (Å²) in [6.07, 6.45) is 5.09. The molecule has 0 bridgehead atoms. The highest BCUT2D eigenvalue weighted by Gasteiger charge is 2.09. The van der Waals surface area contributed by atoms with E-state index in [0.29, 0.717) is 29.4 Å². The van der Waals surface area contributed by atoms with Gasteiger partial charge in [0.2, 0.25) is 0 Å².